The Morgan fingerprint density at radius 1 is 0.792 bits per heavy atom. The largest absolute Gasteiger partial charge is 0.415 e. The second kappa shape index (κ2) is 7.64. The van der Waals surface area contributed by atoms with E-state index in [1.54, 1.807) is 0 Å². The molecule has 0 amide bonds. The topological polar surface area (TPSA) is 9.23 Å². The molecular formula is C14H28Cl6OSi3. The molecule has 1 saturated heterocycles. The van der Waals surface area contributed by atoms with Crippen LogP contribution in [0.4, 0.5) is 0 Å². The predicted molar refractivity (Wildman–Crippen MR) is 120 cm³/mol. The summed E-state index contributed by atoms with van der Waals surface area (Å²) >= 11 is 36.2. The first-order chi connectivity index (χ1) is 10.3. The maximum atomic E-state index is 6.89. The molecule has 1 aliphatic rings. The standard InChI is InChI=1S/C14H28Cl6OSi3/c1-22(2)11-12(7-9-13(15,16)17,8-10-14(18,19)20)21-23(3,4)24(22,5)6/h7-11H2,1-6H3. The number of alkyl halides is 6. The van der Waals surface area contributed by atoms with Gasteiger partial charge in [-0.25, -0.2) is 0 Å². The van der Waals surface area contributed by atoms with Crippen molar-refractivity contribution in [1.29, 1.82) is 0 Å². The van der Waals surface area contributed by atoms with Crippen LogP contribution in [0.15, 0.2) is 0 Å². The third-order valence-electron chi connectivity index (χ3n) is 6.16. The molecule has 0 spiro atoms. The van der Waals surface area contributed by atoms with Gasteiger partial charge >= 0.3 is 0 Å². The molecule has 0 radical (unpaired) electrons. The van der Waals surface area contributed by atoms with Crippen LogP contribution >= 0.6 is 69.6 Å². The van der Waals surface area contributed by atoms with E-state index in [9.17, 15) is 0 Å². The Labute approximate surface area is 179 Å². The van der Waals surface area contributed by atoms with Gasteiger partial charge in [0.1, 0.15) is 0 Å². The van der Waals surface area contributed by atoms with Gasteiger partial charge < -0.3 is 4.43 Å². The number of hydrogen-bond donors (Lipinski definition) is 0. The van der Waals surface area contributed by atoms with Crippen molar-refractivity contribution in [2.45, 2.75) is 84.2 Å². The van der Waals surface area contributed by atoms with Crippen molar-refractivity contribution in [2.75, 3.05) is 0 Å². The Hall–Kier alpha value is 2.35. The summed E-state index contributed by atoms with van der Waals surface area (Å²) in [6.07, 6.45) is 2.30. The maximum Gasteiger partial charge on any atom is 0.190 e. The van der Waals surface area contributed by atoms with Crippen molar-refractivity contribution < 1.29 is 4.43 Å². The first-order valence-corrected chi connectivity index (χ1v) is 21.5. The van der Waals surface area contributed by atoms with E-state index in [-0.39, 0.29) is 5.60 Å². The molecule has 0 atom stereocenters. The van der Waals surface area contributed by atoms with Crippen LogP contribution in [-0.2, 0) is 4.43 Å². The van der Waals surface area contributed by atoms with Gasteiger partial charge in [0.25, 0.3) is 0 Å². The van der Waals surface area contributed by atoms with Crippen LogP contribution in [0.25, 0.3) is 0 Å². The van der Waals surface area contributed by atoms with Crippen molar-refractivity contribution in [1.82, 2.24) is 0 Å². The molecule has 0 N–H and O–H groups in total. The first-order valence-electron chi connectivity index (χ1n) is 8.16. The highest BCUT2D eigenvalue weighted by molar-refractivity contribution is 7.67. The molecule has 144 valence electrons. The molecule has 0 aromatic heterocycles. The van der Waals surface area contributed by atoms with Crippen molar-refractivity contribution >= 4 is 92.1 Å². The molecule has 1 rings (SSSR count). The summed E-state index contributed by atoms with van der Waals surface area (Å²) < 4.78 is 4.33. The average molecular weight is 509 g/mol. The quantitative estimate of drug-likeness (QED) is 0.277. The molecule has 1 fully saturated rings. The summed E-state index contributed by atoms with van der Waals surface area (Å²) in [6, 6.07) is 1.05. The summed E-state index contributed by atoms with van der Waals surface area (Å²) in [6.45, 7) is 14.7. The van der Waals surface area contributed by atoms with Gasteiger partial charge in [-0.2, -0.15) is 0 Å². The SMILES string of the molecule is C[Si]1(C)CC(CCC(Cl)(Cl)Cl)(CCC(Cl)(Cl)Cl)O[Si](C)(C)[Si]1(C)C. The lowest BCUT2D eigenvalue weighted by molar-refractivity contribution is 0.0577. The molecule has 0 aromatic rings. The van der Waals surface area contributed by atoms with Gasteiger partial charge in [0.15, 0.2) is 15.4 Å². The van der Waals surface area contributed by atoms with Crippen LogP contribution in [0, 0.1) is 0 Å². The van der Waals surface area contributed by atoms with E-state index >= 15 is 0 Å². The summed E-state index contributed by atoms with van der Waals surface area (Å²) in [7, 11) is -4.73. The smallest absolute Gasteiger partial charge is 0.190 e. The highest BCUT2D eigenvalue weighted by Crippen LogP contribution is 2.50. The summed E-state index contributed by atoms with van der Waals surface area (Å²) in [5, 5.41) is 0. The fraction of sp³-hybridized carbons (Fsp3) is 1.00. The highest BCUT2D eigenvalue weighted by Gasteiger charge is 2.62. The van der Waals surface area contributed by atoms with Gasteiger partial charge in [0, 0.05) is 7.59 Å². The summed E-state index contributed by atoms with van der Waals surface area (Å²) in [5.74, 6) is 0. The zero-order chi connectivity index (χ0) is 19.2. The van der Waals surface area contributed by atoms with Crippen molar-refractivity contribution in [2.24, 2.45) is 0 Å². The predicted octanol–water partition coefficient (Wildman–Crippen LogP) is 7.83. The lowest BCUT2D eigenvalue weighted by Gasteiger charge is -2.60. The fourth-order valence-corrected chi connectivity index (χ4v) is 34.6. The third-order valence-corrected chi connectivity index (χ3v) is 47.7. The van der Waals surface area contributed by atoms with Crippen LogP contribution in [0.1, 0.15) is 25.7 Å². The Morgan fingerprint density at radius 3 is 1.46 bits per heavy atom. The molecule has 0 unspecified atom stereocenters. The molecular weight excluding hydrogens is 481 g/mol. The molecule has 1 heterocycles. The van der Waals surface area contributed by atoms with Gasteiger partial charge in [-0.15, -0.1) is 0 Å². The van der Waals surface area contributed by atoms with E-state index in [1.165, 1.54) is 0 Å². The van der Waals surface area contributed by atoms with Gasteiger partial charge in [0.2, 0.25) is 0 Å². The summed E-state index contributed by atoms with van der Waals surface area (Å²) in [4.78, 5) is 0. The van der Waals surface area contributed by atoms with E-state index < -0.39 is 30.1 Å². The lowest BCUT2D eigenvalue weighted by atomic mass is 9.94. The lowest BCUT2D eigenvalue weighted by Crippen LogP contribution is -2.78. The van der Waals surface area contributed by atoms with Gasteiger partial charge in [-0.05, 0) is 44.8 Å². The second-order valence-corrected chi connectivity index (χ2v) is 41.0. The monoisotopic (exact) mass is 506 g/mol. The van der Waals surface area contributed by atoms with Crippen LogP contribution in [0.3, 0.4) is 0 Å². The summed E-state index contributed by atoms with van der Waals surface area (Å²) in [5.41, 5.74) is -0.332. The van der Waals surface area contributed by atoms with E-state index in [1.807, 2.05) is 0 Å². The van der Waals surface area contributed by atoms with E-state index in [0.29, 0.717) is 25.7 Å². The van der Waals surface area contributed by atoms with Gasteiger partial charge in [-0.3, -0.25) is 0 Å². The van der Waals surface area contributed by atoms with Crippen LogP contribution in [-0.4, -0.2) is 35.7 Å². The molecule has 10 heteroatoms. The number of hydrogen-bond acceptors (Lipinski definition) is 1. The normalized spacial score (nSPS) is 25.5. The zero-order valence-electron chi connectivity index (χ0n) is 15.2. The number of halogens is 6. The zero-order valence-corrected chi connectivity index (χ0v) is 22.7. The van der Waals surface area contributed by atoms with Crippen LogP contribution < -0.4 is 0 Å². The van der Waals surface area contributed by atoms with Crippen molar-refractivity contribution in [3.8, 4) is 0 Å². The Bertz CT molecular complexity index is 416. The Kier molecular flexibility index (Phi) is 7.77. The number of rotatable bonds is 4. The van der Waals surface area contributed by atoms with Crippen LogP contribution in [0.2, 0.25) is 45.3 Å². The molecule has 0 aromatic carbocycles. The molecule has 1 aliphatic heterocycles. The van der Waals surface area contributed by atoms with Crippen LogP contribution in [0.5, 0.6) is 0 Å². The van der Waals surface area contributed by atoms with Crippen molar-refractivity contribution in [3.05, 3.63) is 0 Å². The maximum absolute atomic E-state index is 6.89. The minimum atomic E-state index is -1.84. The Morgan fingerprint density at radius 2 is 1.17 bits per heavy atom. The second-order valence-electron chi connectivity index (χ2n) is 8.71. The van der Waals surface area contributed by atoms with Gasteiger partial charge in [0.05, 0.1) is 12.7 Å². The van der Waals surface area contributed by atoms with Gasteiger partial charge in [-0.1, -0.05) is 95.8 Å². The van der Waals surface area contributed by atoms with E-state index in [0.717, 1.165) is 6.04 Å². The minimum Gasteiger partial charge on any atom is -0.415 e. The van der Waals surface area contributed by atoms with E-state index in [2.05, 4.69) is 39.3 Å². The third kappa shape index (κ3) is 6.18. The fourth-order valence-electron chi connectivity index (χ4n) is 3.69. The highest BCUT2D eigenvalue weighted by atomic mass is 35.6. The molecule has 0 aliphatic carbocycles. The molecule has 0 bridgehead atoms. The van der Waals surface area contributed by atoms with Crippen molar-refractivity contribution in [3.63, 3.8) is 0 Å². The van der Waals surface area contributed by atoms with E-state index in [4.69, 9.17) is 74.0 Å². The average Bonchev–Trinajstić information content (AvgIpc) is 2.29. The first kappa shape index (κ1) is 24.4. The minimum absolute atomic E-state index is 0.332. The molecule has 0 saturated carbocycles. The molecule has 24 heavy (non-hydrogen) atoms. The molecule has 1 nitrogen and oxygen atoms in total. The Balaban J connectivity index is 3.18.